The molecule has 3 fully saturated rings. The SMILES string of the molecule is CCOC1NC(NC2CCCC(C(F)(F)F)C2)NC(OC2CCN(C)CC2)N1. The quantitative estimate of drug-likeness (QED) is 0.530. The molecule has 164 valence electrons. The van der Waals surface area contributed by atoms with Gasteiger partial charge in [-0.15, -0.1) is 0 Å². The van der Waals surface area contributed by atoms with Crippen LogP contribution in [0.2, 0.25) is 0 Å². The molecule has 3 aliphatic rings. The molecule has 5 unspecified atom stereocenters. The average Bonchev–Trinajstić information content (AvgIpc) is 2.63. The molecule has 5 atom stereocenters. The third kappa shape index (κ3) is 6.51. The first-order chi connectivity index (χ1) is 13.3. The third-order valence-corrected chi connectivity index (χ3v) is 5.81. The van der Waals surface area contributed by atoms with Gasteiger partial charge < -0.3 is 14.4 Å². The molecule has 3 rings (SSSR count). The monoisotopic (exact) mass is 409 g/mol. The number of hydrogen-bond donors (Lipinski definition) is 4. The molecule has 4 N–H and O–H groups in total. The summed E-state index contributed by atoms with van der Waals surface area (Å²) >= 11 is 0. The lowest BCUT2D eigenvalue weighted by molar-refractivity contribution is -0.185. The molecule has 0 aromatic carbocycles. The van der Waals surface area contributed by atoms with Crippen LogP contribution < -0.4 is 21.3 Å². The maximum atomic E-state index is 13.1. The van der Waals surface area contributed by atoms with Crippen molar-refractivity contribution < 1.29 is 22.6 Å². The highest BCUT2D eigenvalue weighted by Crippen LogP contribution is 2.37. The normalized spacial score (nSPS) is 36.5. The smallest absolute Gasteiger partial charge is 0.350 e. The van der Waals surface area contributed by atoms with Crippen LogP contribution in [-0.2, 0) is 9.47 Å². The molecule has 0 radical (unpaired) electrons. The second-order valence-corrected chi connectivity index (χ2v) is 8.06. The molecule has 2 heterocycles. The van der Waals surface area contributed by atoms with E-state index in [9.17, 15) is 13.2 Å². The van der Waals surface area contributed by atoms with Gasteiger partial charge in [0.15, 0.2) is 12.7 Å². The molecular weight excluding hydrogens is 375 g/mol. The van der Waals surface area contributed by atoms with Gasteiger partial charge in [-0.1, -0.05) is 6.42 Å². The first kappa shape index (κ1) is 22.2. The van der Waals surface area contributed by atoms with Crippen molar-refractivity contribution in [3.63, 3.8) is 0 Å². The van der Waals surface area contributed by atoms with Gasteiger partial charge in [0, 0.05) is 25.7 Å². The standard InChI is InChI=1S/C18H34F3N5O2/c1-3-27-16-23-15(22-13-6-4-5-12(11-13)18(19,20)21)24-17(25-16)28-14-7-9-26(2)10-8-14/h12-17,22-25H,3-11H2,1-2H3. The van der Waals surface area contributed by atoms with Crippen LogP contribution in [0.5, 0.6) is 0 Å². The van der Waals surface area contributed by atoms with Gasteiger partial charge in [-0.05, 0) is 46.1 Å². The Morgan fingerprint density at radius 2 is 1.75 bits per heavy atom. The van der Waals surface area contributed by atoms with Gasteiger partial charge in [-0.3, -0.25) is 16.0 Å². The molecule has 1 saturated carbocycles. The number of hydrogen-bond acceptors (Lipinski definition) is 7. The highest BCUT2D eigenvalue weighted by molar-refractivity contribution is 4.85. The Labute approximate surface area is 165 Å². The molecule has 0 aromatic heterocycles. The largest absolute Gasteiger partial charge is 0.391 e. The van der Waals surface area contributed by atoms with E-state index >= 15 is 0 Å². The lowest BCUT2D eigenvalue weighted by Gasteiger charge is -2.42. The minimum absolute atomic E-state index is 0.108. The van der Waals surface area contributed by atoms with E-state index in [1.165, 1.54) is 0 Å². The van der Waals surface area contributed by atoms with E-state index in [4.69, 9.17) is 9.47 Å². The van der Waals surface area contributed by atoms with Crippen LogP contribution >= 0.6 is 0 Å². The van der Waals surface area contributed by atoms with E-state index in [1.807, 2.05) is 6.92 Å². The second kappa shape index (κ2) is 10.0. The summed E-state index contributed by atoms with van der Waals surface area (Å²) in [6, 6.07) is -0.199. The molecule has 10 heteroatoms. The second-order valence-electron chi connectivity index (χ2n) is 8.06. The van der Waals surface area contributed by atoms with Gasteiger partial charge in [-0.2, -0.15) is 13.2 Å². The van der Waals surface area contributed by atoms with Gasteiger partial charge >= 0.3 is 6.18 Å². The number of ether oxygens (including phenoxy) is 2. The Balaban J connectivity index is 1.53. The summed E-state index contributed by atoms with van der Waals surface area (Å²) in [5.41, 5.74) is 0. The van der Waals surface area contributed by atoms with Crippen molar-refractivity contribution in [1.82, 2.24) is 26.2 Å². The van der Waals surface area contributed by atoms with E-state index in [1.54, 1.807) is 0 Å². The summed E-state index contributed by atoms with van der Waals surface area (Å²) < 4.78 is 51.1. The number of likely N-dealkylation sites (tertiary alicyclic amines) is 1. The van der Waals surface area contributed by atoms with Crippen LogP contribution in [0, 0.1) is 5.92 Å². The lowest BCUT2D eigenvalue weighted by Crippen LogP contribution is -2.73. The number of piperidine rings is 1. The lowest BCUT2D eigenvalue weighted by atomic mass is 9.85. The molecule has 2 saturated heterocycles. The first-order valence-electron chi connectivity index (χ1n) is 10.4. The van der Waals surface area contributed by atoms with Crippen LogP contribution in [-0.4, -0.2) is 69.0 Å². The number of rotatable bonds is 6. The van der Waals surface area contributed by atoms with Crippen LogP contribution in [0.4, 0.5) is 13.2 Å². The zero-order chi connectivity index (χ0) is 20.1. The predicted molar refractivity (Wildman–Crippen MR) is 98.9 cm³/mol. The van der Waals surface area contributed by atoms with E-state index in [2.05, 4.69) is 33.2 Å². The molecule has 28 heavy (non-hydrogen) atoms. The number of halogens is 3. The van der Waals surface area contributed by atoms with Crippen LogP contribution in [0.15, 0.2) is 0 Å². The van der Waals surface area contributed by atoms with Gasteiger partial charge in [0.2, 0.25) is 0 Å². The van der Waals surface area contributed by atoms with Crippen molar-refractivity contribution in [3.8, 4) is 0 Å². The fourth-order valence-corrected chi connectivity index (χ4v) is 4.21. The fourth-order valence-electron chi connectivity index (χ4n) is 4.21. The molecule has 0 spiro atoms. The molecule has 0 aromatic rings. The van der Waals surface area contributed by atoms with Crippen molar-refractivity contribution in [3.05, 3.63) is 0 Å². The van der Waals surface area contributed by atoms with Crippen molar-refractivity contribution in [2.75, 3.05) is 26.7 Å². The number of nitrogens with zero attached hydrogens (tertiary/aromatic N) is 1. The number of nitrogens with one attached hydrogen (secondary N) is 4. The van der Waals surface area contributed by atoms with Crippen LogP contribution in [0.3, 0.4) is 0 Å². The van der Waals surface area contributed by atoms with Crippen molar-refractivity contribution in [2.45, 2.75) is 82.8 Å². The predicted octanol–water partition coefficient (Wildman–Crippen LogP) is 1.48. The van der Waals surface area contributed by atoms with E-state index in [0.717, 1.165) is 32.4 Å². The molecule has 7 nitrogen and oxygen atoms in total. The maximum absolute atomic E-state index is 13.1. The Hall–Kier alpha value is -0.490. The van der Waals surface area contributed by atoms with Gasteiger partial charge in [0.1, 0.15) is 6.29 Å². The van der Waals surface area contributed by atoms with Gasteiger partial charge in [-0.25, -0.2) is 5.32 Å². The third-order valence-electron chi connectivity index (χ3n) is 5.81. The fraction of sp³-hybridized carbons (Fsp3) is 1.00. The first-order valence-corrected chi connectivity index (χ1v) is 10.4. The molecule has 0 amide bonds. The highest BCUT2D eigenvalue weighted by atomic mass is 19.4. The summed E-state index contributed by atoms with van der Waals surface area (Å²) in [4.78, 5) is 2.27. The topological polar surface area (TPSA) is 69.8 Å². The Morgan fingerprint density at radius 1 is 1.04 bits per heavy atom. The van der Waals surface area contributed by atoms with E-state index < -0.39 is 24.8 Å². The van der Waals surface area contributed by atoms with Crippen LogP contribution in [0.25, 0.3) is 0 Å². The van der Waals surface area contributed by atoms with Gasteiger partial charge in [0.05, 0.1) is 12.0 Å². The molecule has 1 aliphatic carbocycles. The van der Waals surface area contributed by atoms with E-state index in [-0.39, 0.29) is 31.3 Å². The minimum Gasteiger partial charge on any atom is -0.350 e. The maximum Gasteiger partial charge on any atom is 0.391 e. The average molecular weight is 409 g/mol. The Bertz CT molecular complexity index is 477. The zero-order valence-electron chi connectivity index (χ0n) is 16.7. The van der Waals surface area contributed by atoms with Crippen molar-refractivity contribution in [1.29, 1.82) is 0 Å². The van der Waals surface area contributed by atoms with E-state index in [0.29, 0.717) is 13.0 Å². The summed E-state index contributed by atoms with van der Waals surface area (Å²) in [5.74, 6) is -1.23. The Morgan fingerprint density at radius 3 is 2.43 bits per heavy atom. The zero-order valence-corrected chi connectivity index (χ0v) is 16.7. The van der Waals surface area contributed by atoms with Gasteiger partial charge in [0.25, 0.3) is 0 Å². The highest BCUT2D eigenvalue weighted by Gasteiger charge is 2.43. The molecule has 0 bridgehead atoms. The summed E-state index contributed by atoms with van der Waals surface area (Å²) in [6.07, 6.45) is -1.66. The van der Waals surface area contributed by atoms with Crippen molar-refractivity contribution in [2.24, 2.45) is 5.92 Å². The Kier molecular flexibility index (Phi) is 7.94. The van der Waals surface area contributed by atoms with Crippen LogP contribution in [0.1, 0.15) is 45.4 Å². The number of alkyl halides is 3. The summed E-state index contributed by atoms with van der Waals surface area (Å²) in [7, 11) is 2.10. The molecular formula is C18H34F3N5O2. The summed E-state index contributed by atoms with van der Waals surface area (Å²) in [6.45, 7) is 4.40. The minimum atomic E-state index is -4.12. The summed E-state index contributed by atoms with van der Waals surface area (Å²) in [5, 5.41) is 13.0. The van der Waals surface area contributed by atoms with Crippen molar-refractivity contribution >= 4 is 0 Å². The molecule has 2 aliphatic heterocycles.